The first kappa shape index (κ1) is 19.4. The Kier molecular flexibility index (Phi) is 6.35. The number of benzene rings is 1. The first-order valence-corrected chi connectivity index (χ1v) is 10.3. The summed E-state index contributed by atoms with van der Waals surface area (Å²) in [4.78, 5) is 29.3. The lowest BCUT2D eigenvalue weighted by Crippen LogP contribution is -2.44. The SMILES string of the molecule is CC1CC(C)CN(CCNC(=O)C2CCN(c3cccc(Br)c3)C2=O)C1. The zero-order valence-electron chi connectivity index (χ0n) is 15.6. The van der Waals surface area contributed by atoms with Gasteiger partial charge in [0.05, 0.1) is 0 Å². The van der Waals surface area contributed by atoms with Gasteiger partial charge in [0.1, 0.15) is 5.92 Å². The van der Waals surface area contributed by atoms with Crippen LogP contribution < -0.4 is 10.2 Å². The minimum atomic E-state index is -0.562. The Labute approximate surface area is 164 Å². The summed E-state index contributed by atoms with van der Waals surface area (Å²) in [5, 5.41) is 2.98. The minimum absolute atomic E-state index is 0.0965. The number of nitrogens with one attached hydrogen (secondary N) is 1. The van der Waals surface area contributed by atoms with E-state index in [0.717, 1.165) is 29.8 Å². The predicted octanol–water partition coefficient (Wildman–Crippen LogP) is 2.90. The Morgan fingerprint density at radius 1 is 1.27 bits per heavy atom. The lowest BCUT2D eigenvalue weighted by Gasteiger charge is -2.34. The van der Waals surface area contributed by atoms with Crippen LogP contribution in [0, 0.1) is 17.8 Å². The summed E-state index contributed by atoms with van der Waals surface area (Å²) in [6.07, 6.45) is 1.86. The Morgan fingerprint density at radius 3 is 2.69 bits per heavy atom. The van der Waals surface area contributed by atoms with Gasteiger partial charge in [-0.25, -0.2) is 0 Å². The molecule has 2 aliphatic rings. The Morgan fingerprint density at radius 2 is 2.00 bits per heavy atom. The van der Waals surface area contributed by atoms with Gasteiger partial charge in [-0.05, 0) is 42.9 Å². The average molecular weight is 422 g/mol. The van der Waals surface area contributed by atoms with Crippen molar-refractivity contribution in [1.82, 2.24) is 10.2 Å². The number of piperidine rings is 1. The van der Waals surface area contributed by atoms with Crippen molar-refractivity contribution in [2.45, 2.75) is 26.7 Å². The number of halogens is 1. The maximum Gasteiger partial charge on any atom is 0.239 e. The third kappa shape index (κ3) is 4.65. The Hall–Kier alpha value is -1.40. The van der Waals surface area contributed by atoms with Gasteiger partial charge in [0, 0.05) is 42.9 Å². The quantitative estimate of drug-likeness (QED) is 0.743. The summed E-state index contributed by atoms with van der Waals surface area (Å²) in [5.41, 5.74) is 0.843. The van der Waals surface area contributed by atoms with Gasteiger partial charge in [-0.15, -0.1) is 0 Å². The van der Waals surface area contributed by atoms with Crippen LogP contribution in [0.15, 0.2) is 28.7 Å². The summed E-state index contributed by atoms with van der Waals surface area (Å²) in [5.74, 6) is 0.633. The molecule has 0 saturated carbocycles. The van der Waals surface area contributed by atoms with Gasteiger partial charge in [-0.1, -0.05) is 35.8 Å². The van der Waals surface area contributed by atoms with E-state index in [9.17, 15) is 9.59 Å². The van der Waals surface area contributed by atoms with Gasteiger partial charge in [0.15, 0.2) is 0 Å². The molecule has 0 spiro atoms. The number of likely N-dealkylation sites (tertiary alicyclic amines) is 1. The van der Waals surface area contributed by atoms with Crippen LogP contribution in [0.1, 0.15) is 26.7 Å². The van der Waals surface area contributed by atoms with E-state index in [0.29, 0.717) is 31.3 Å². The number of rotatable bonds is 5. The van der Waals surface area contributed by atoms with Crippen LogP contribution in [0.5, 0.6) is 0 Å². The molecule has 2 heterocycles. The second-order valence-corrected chi connectivity index (χ2v) is 8.72. The minimum Gasteiger partial charge on any atom is -0.354 e. The number of amides is 2. The fraction of sp³-hybridized carbons (Fsp3) is 0.600. The van der Waals surface area contributed by atoms with Gasteiger partial charge in [-0.2, -0.15) is 0 Å². The molecule has 1 aromatic rings. The molecule has 3 unspecified atom stereocenters. The van der Waals surface area contributed by atoms with Crippen molar-refractivity contribution >= 4 is 33.4 Å². The number of carbonyl (C=O) groups is 2. The molecule has 142 valence electrons. The average Bonchev–Trinajstić information content (AvgIpc) is 2.95. The van der Waals surface area contributed by atoms with Crippen LogP contribution >= 0.6 is 15.9 Å². The lowest BCUT2D eigenvalue weighted by atomic mass is 9.92. The standard InChI is InChI=1S/C20H28BrN3O2/c1-14-10-15(2)13-23(12-14)9-7-22-19(25)18-6-8-24(20(18)26)17-5-3-4-16(21)11-17/h3-5,11,14-15,18H,6-10,12-13H2,1-2H3,(H,22,25). The highest BCUT2D eigenvalue weighted by atomic mass is 79.9. The van der Waals surface area contributed by atoms with E-state index in [1.54, 1.807) is 4.90 Å². The monoisotopic (exact) mass is 421 g/mol. The van der Waals surface area contributed by atoms with Gasteiger partial charge >= 0.3 is 0 Å². The summed E-state index contributed by atoms with van der Waals surface area (Å²) < 4.78 is 0.931. The van der Waals surface area contributed by atoms with Crippen molar-refractivity contribution in [3.8, 4) is 0 Å². The van der Waals surface area contributed by atoms with Gasteiger partial charge in [0.25, 0.3) is 0 Å². The lowest BCUT2D eigenvalue weighted by molar-refractivity contribution is -0.132. The van der Waals surface area contributed by atoms with E-state index in [4.69, 9.17) is 0 Å². The van der Waals surface area contributed by atoms with Crippen molar-refractivity contribution in [3.63, 3.8) is 0 Å². The fourth-order valence-corrected chi connectivity index (χ4v) is 4.65. The van der Waals surface area contributed by atoms with E-state index in [1.807, 2.05) is 24.3 Å². The third-order valence-electron chi connectivity index (χ3n) is 5.31. The van der Waals surface area contributed by atoms with Crippen LogP contribution in [-0.2, 0) is 9.59 Å². The van der Waals surface area contributed by atoms with Crippen molar-refractivity contribution in [2.75, 3.05) is 37.6 Å². The third-order valence-corrected chi connectivity index (χ3v) is 5.81. The smallest absolute Gasteiger partial charge is 0.239 e. The molecule has 5 nitrogen and oxygen atoms in total. The molecule has 26 heavy (non-hydrogen) atoms. The number of hydrogen-bond donors (Lipinski definition) is 1. The molecule has 1 aromatic carbocycles. The van der Waals surface area contributed by atoms with Gasteiger partial charge < -0.3 is 15.1 Å². The summed E-state index contributed by atoms with van der Waals surface area (Å²) >= 11 is 3.43. The highest BCUT2D eigenvalue weighted by Gasteiger charge is 2.37. The number of carbonyl (C=O) groups excluding carboxylic acids is 2. The van der Waals surface area contributed by atoms with Crippen LogP contribution in [0.25, 0.3) is 0 Å². The molecule has 0 aliphatic carbocycles. The molecule has 2 saturated heterocycles. The molecule has 2 fully saturated rings. The molecule has 2 amide bonds. The van der Waals surface area contributed by atoms with Crippen molar-refractivity contribution < 1.29 is 9.59 Å². The topological polar surface area (TPSA) is 52.7 Å². The molecule has 1 N–H and O–H groups in total. The maximum atomic E-state index is 12.6. The van der Waals surface area contributed by atoms with E-state index in [2.05, 4.69) is 40.0 Å². The zero-order chi connectivity index (χ0) is 18.7. The highest BCUT2D eigenvalue weighted by Crippen LogP contribution is 2.27. The van der Waals surface area contributed by atoms with E-state index < -0.39 is 5.92 Å². The van der Waals surface area contributed by atoms with E-state index >= 15 is 0 Å². The van der Waals surface area contributed by atoms with Gasteiger partial charge in [-0.3, -0.25) is 9.59 Å². The molecular weight excluding hydrogens is 394 g/mol. The molecular formula is C20H28BrN3O2. The highest BCUT2D eigenvalue weighted by molar-refractivity contribution is 9.10. The second kappa shape index (κ2) is 8.53. The summed E-state index contributed by atoms with van der Waals surface area (Å²) in [6.45, 7) is 8.83. The molecule has 0 radical (unpaired) electrons. The normalized spacial score (nSPS) is 27.0. The van der Waals surface area contributed by atoms with Crippen molar-refractivity contribution in [3.05, 3.63) is 28.7 Å². The summed E-state index contributed by atoms with van der Waals surface area (Å²) in [7, 11) is 0. The Balaban J connectivity index is 1.49. The number of hydrogen-bond acceptors (Lipinski definition) is 3. The van der Waals surface area contributed by atoms with Crippen molar-refractivity contribution in [1.29, 1.82) is 0 Å². The van der Waals surface area contributed by atoms with Crippen LogP contribution in [0.2, 0.25) is 0 Å². The number of nitrogens with zero attached hydrogens (tertiary/aromatic N) is 2. The first-order valence-electron chi connectivity index (χ1n) is 9.51. The van der Waals surface area contributed by atoms with Crippen molar-refractivity contribution in [2.24, 2.45) is 17.8 Å². The Bertz CT molecular complexity index is 656. The fourth-order valence-electron chi connectivity index (χ4n) is 4.26. The second-order valence-electron chi connectivity index (χ2n) is 7.81. The van der Waals surface area contributed by atoms with Crippen LogP contribution in [0.4, 0.5) is 5.69 Å². The summed E-state index contributed by atoms with van der Waals surface area (Å²) in [6, 6.07) is 7.65. The molecule has 3 atom stereocenters. The largest absolute Gasteiger partial charge is 0.354 e. The predicted molar refractivity (Wildman–Crippen MR) is 107 cm³/mol. The molecule has 3 rings (SSSR count). The van der Waals surface area contributed by atoms with E-state index in [-0.39, 0.29) is 11.8 Å². The van der Waals surface area contributed by atoms with Crippen LogP contribution in [0.3, 0.4) is 0 Å². The zero-order valence-corrected chi connectivity index (χ0v) is 17.2. The van der Waals surface area contributed by atoms with Gasteiger partial charge in [0.2, 0.25) is 11.8 Å². The molecule has 2 aliphatic heterocycles. The molecule has 6 heteroatoms. The maximum absolute atomic E-state index is 12.6. The number of anilines is 1. The van der Waals surface area contributed by atoms with E-state index in [1.165, 1.54) is 6.42 Å². The molecule has 0 aromatic heterocycles. The first-order chi connectivity index (χ1) is 12.4. The van der Waals surface area contributed by atoms with Crippen LogP contribution in [-0.4, -0.2) is 49.4 Å². The molecule has 0 bridgehead atoms.